The number of fused-ring (bicyclic) bond motifs is 8. The Labute approximate surface area is 273 Å². The second-order valence-electron chi connectivity index (χ2n) is 12.2. The maximum absolute atomic E-state index is 5.37. The van der Waals surface area contributed by atoms with Crippen LogP contribution < -0.4 is 0 Å². The van der Waals surface area contributed by atoms with Gasteiger partial charge in [0.25, 0.3) is 0 Å². The Morgan fingerprint density at radius 3 is 1.30 bits per heavy atom. The molecule has 3 nitrogen and oxygen atoms in total. The third-order valence-electron chi connectivity index (χ3n) is 8.90. The summed E-state index contributed by atoms with van der Waals surface area (Å²) in [6, 6.07) is 35.1. The minimum atomic E-state index is 0.939. The molecule has 8 bridgehead atoms. The van der Waals surface area contributed by atoms with Gasteiger partial charge in [-0.15, -0.1) is 11.3 Å². The molecule has 3 aromatic carbocycles. The van der Waals surface area contributed by atoms with Crippen molar-refractivity contribution in [1.82, 2.24) is 15.0 Å². The van der Waals surface area contributed by atoms with Crippen LogP contribution in [0.2, 0.25) is 0 Å². The van der Waals surface area contributed by atoms with Gasteiger partial charge in [-0.2, -0.15) is 0 Å². The molecule has 222 valence electrons. The van der Waals surface area contributed by atoms with Gasteiger partial charge in [0.1, 0.15) is 0 Å². The van der Waals surface area contributed by atoms with Crippen molar-refractivity contribution >= 4 is 56.1 Å². The van der Waals surface area contributed by atoms with Gasteiger partial charge in [0, 0.05) is 37.1 Å². The third-order valence-corrected chi connectivity index (χ3v) is 10.1. The van der Waals surface area contributed by atoms with Crippen LogP contribution >= 0.6 is 11.3 Å². The van der Waals surface area contributed by atoms with Gasteiger partial charge in [-0.25, -0.2) is 9.97 Å². The van der Waals surface area contributed by atoms with Crippen LogP contribution in [0.15, 0.2) is 97.1 Å². The van der Waals surface area contributed by atoms with Crippen molar-refractivity contribution in [2.45, 2.75) is 27.7 Å². The Morgan fingerprint density at radius 2 is 0.804 bits per heavy atom. The van der Waals surface area contributed by atoms with E-state index in [1.807, 2.05) is 0 Å². The zero-order valence-electron chi connectivity index (χ0n) is 26.3. The highest BCUT2D eigenvalue weighted by molar-refractivity contribution is 7.24. The zero-order chi connectivity index (χ0) is 31.4. The molecular weight excluding hydrogens is 579 g/mol. The Bertz CT molecular complexity index is 2320. The molecule has 3 aromatic heterocycles. The van der Waals surface area contributed by atoms with Gasteiger partial charge in [-0.05, 0) is 98.5 Å². The molecule has 4 heteroatoms. The molecule has 5 heterocycles. The fourth-order valence-electron chi connectivity index (χ4n) is 6.30. The van der Waals surface area contributed by atoms with Crippen molar-refractivity contribution in [2.75, 3.05) is 0 Å². The van der Waals surface area contributed by atoms with Crippen molar-refractivity contribution in [2.24, 2.45) is 0 Å². The van der Waals surface area contributed by atoms with Crippen LogP contribution in [0.4, 0.5) is 0 Å². The number of nitrogens with zero attached hydrogens (tertiary/aromatic N) is 2. The summed E-state index contributed by atoms with van der Waals surface area (Å²) in [5, 5.41) is 0. The highest BCUT2D eigenvalue weighted by atomic mass is 32.1. The monoisotopic (exact) mass is 611 g/mol. The van der Waals surface area contributed by atoms with Gasteiger partial charge >= 0.3 is 0 Å². The van der Waals surface area contributed by atoms with E-state index in [-0.39, 0.29) is 0 Å². The lowest BCUT2D eigenvalue weighted by Gasteiger charge is -2.07. The van der Waals surface area contributed by atoms with Crippen molar-refractivity contribution in [3.8, 4) is 33.4 Å². The van der Waals surface area contributed by atoms with Gasteiger partial charge in [0.15, 0.2) is 0 Å². The molecule has 8 rings (SSSR count). The maximum Gasteiger partial charge on any atom is 0.0737 e. The van der Waals surface area contributed by atoms with E-state index >= 15 is 0 Å². The number of nitrogens with one attached hydrogen (secondary N) is 1. The number of thiophene rings is 1. The smallest absolute Gasteiger partial charge is 0.0737 e. The van der Waals surface area contributed by atoms with Crippen LogP contribution in [-0.4, -0.2) is 15.0 Å². The van der Waals surface area contributed by atoms with Crippen molar-refractivity contribution < 1.29 is 0 Å². The number of aromatic amines is 1. The molecular formula is C42H33N3S. The zero-order valence-corrected chi connectivity index (χ0v) is 27.2. The first-order valence-electron chi connectivity index (χ1n) is 15.7. The van der Waals surface area contributed by atoms with Gasteiger partial charge in [0.05, 0.1) is 22.8 Å². The second-order valence-corrected chi connectivity index (χ2v) is 13.3. The van der Waals surface area contributed by atoms with E-state index in [4.69, 9.17) is 9.97 Å². The number of H-pyrrole nitrogens is 1. The molecule has 0 spiro atoms. The Morgan fingerprint density at radius 1 is 0.413 bits per heavy atom. The molecule has 2 aliphatic rings. The lowest BCUT2D eigenvalue weighted by Crippen LogP contribution is -1.88. The van der Waals surface area contributed by atoms with Crippen LogP contribution in [0.1, 0.15) is 45.0 Å². The van der Waals surface area contributed by atoms with E-state index in [9.17, 15) is 0 Å². The second kappa shape index (κ2) is 11.2. The molecule has 0 fully saturated rings. The average Bonchev–Trinajstić information content (AvgIpc) is 3.89. The predicted molar refractivity (Wildman–Crippen MR) is 198 cm³/mol. The number of hydrogen-bond acceptors (Lipinski definition) is 3. The molecule has 0 saturated heterocycles. The first-order chi connectivity index (χ1) is 22.4. The minimum absolute atomic E-state index is 0.939. The first-order valence-corrected chi connectivity index (χ1v) is 16.5. The molecule has 0 radical (unpaired) electrons. The fourth-order valence-corrected chi connectivity index (χ4v) is 7.39. The first kappa shape index (κ1) is 28.2. The summed E-state index contributed by atoms with van der Waals surface area (Å²) in [6.45, 7) is 8.55. The van der Waals surface area contributed by atoms with Crippen LogP contribution in [0.3, 0.4) is 0 Å². The van der Waals surface area contributed by atoms with E-state index in [1.54, 1.807) is 11.3 Å². The van der Waals surface area contributed by atoms with Crippen molar-refractivity contribution in [3.63, 3.8) is 0 Å². The average molecular weight is 612 g/mol. The van der Waals surface area contributed by atoms with E-state index < -0.39 is 0 Å². The van der Waals surface area contributed by atoms with Gasteiger partial charge in [0.2, 0.25) is 0 Å². The lowest BCUT2D eigenvalue weighted by atomic mass is 10.0. The number of benzene rings is 3. The summed E-state index contributed by atoms with van der Waals surface area (Å²) >= 11 is 1.80. The lowest BCUT2D eigenvalue weighted by molar-refractivity contribution is 1.28. The molecule has 0 atom stereocenters. The predicted octanol–water partition coefficient (Wildman–Crippen LogP) is 11.6. The normalized spacial score (nSPS) is 12.2. The largest absolute Gasteiger partial charge is 0.354 e. The molecule has 0 aliphatic carbocycles. The summed E-state index contributed by atoms with van der Waals surface area (Å²) in [5.41, 5.74) is 17.5. The highest BCUT2D eigenvalue weighted by Crippen LogP contribution is 2.39. The standard InChI is InChI=1S/C42H33N3S/c1-25-5-11-29(12-6-25)40-33-18-17-32(43-33)28(4)38-23-24-39(46-38)42(31-15-9-27(3)10-16-31)37-22-21-36(45-37)41(35-20-19-34(40)44-35)30-13-7-26(2)8-14-30/h5-24,44H,1-4H3. The molecule has 1 N–H and O–H groups in total. The molecule has 0 amide bonds. The van der Waals surface area contributed by atoms with Crippen LogP contribution in [0, 0.1) is 27.7 Å². The Kier molecular flexibility index (Phi) is 6.88. The van der Waals surface area contributed by atoms with Gasteiger partial charge in [-0.3, -0.25) is 0 Å². The minimum Gasteiger partial charge on any atom is -0.354 e. The third kappa shape index (κ3) is 5.01. The van der Waals surface area contributed by atoms with Gasteiger partial charge in [-0.1, -0.05) is 89.5 Å². The molecule has 46 heavy (non-hydrogen) atoms. The van der Waals surface area contributed by atoms with E-state index in [2.05, 4.69) is 154 Å². The molecule has 6 aromatic rings. The Hall–Kier alpha value is -5.32. The maximum atomic E-state index is 5.37. The SMILES string of the molecule is Cc1ccc(-c2c3nc(c(C)c4ccc(s4)c(-c4ccc(C)cc4)c4nc(c(-c5ccc(C)cc5)c5ccc2[nH]5)C=C4)C=C3)cc1. The molecule has 2 aliphatic heterocycles. The number of rotatable bonds is 3. The summed E-state index contributed by atoms with van der Waals surface area (Å²) in [4.78, 5) is 14.4. The number of hydrogen-bond donors (Lipinski definition) is 1. The summed E-state index contributed by atoms with van der Waals surface area (Å²) in [7, 11) is 0. The summed E-state index contributed by atoms with van der Waals surface area (Å²) in [6.07, 6.45) is 8.64. The van der Waals surface area contributed by atoms with Crippen LogP contribution in [-0.2, 0) is 0 Å². The fraction of sp³-hybridized carbons (Fsp3) is 0.0952. The highest BCUT2D eigenvalue weighted by Gasteiger charge is 2.17. The van der Waals surface area contributed by atoms with E-state index in [0.717, 1.165) is 67.2 Å². The van der Waals surface area contributed by atoms with Crippen LogP contribution in [0.25, 0.3) is 78.1 Å². The van der Waals surface area contributed by atoms with Crippen molar-refractivity contribution in [3.05, 3.63) is 142 Å². The molecule has 0 saturated carbocycles. The topological polar surface area (TPSA) is 41.6 Å². The Balaban J connectivity index is 1.54. The summed E-state index contributed by atoms with van der Waals surface area (Å²) < 4.78 is 2.39. The summed E-state index contributed by atoms with van der Waals surface area (Å²) in [5.74, 6) is 0. The van der Waals surface area contributed by atoms with Crippen molar-refractivity contribution in [1.29, 1.82) is 0 Å². The number of aryl methyl sites for hydroxylation is 4. The van der Waals surface area contributed by atoms with E-state index in [1.165, 1.54) is 31.7 Å². The molecule has 0 unspecified atom stereocenters. The van der Waals surface area contributed by atoms with Crippen LogP contribution in [0.5, 0.6) is 0 Å². The number of aromatic nitrogens is 3. The quantitative estimate of drug-likeness (QED) is 0.216. The van der Waals surface area contributed by atoms with E-state index in [0.29, 0.717) is 0 Å². The van der Waals surface area contributed by atoms with Gasteiger partial charge < -0.3 is 4.98 Å².